The van der Waals surface area contributed by atoms with Crippen LogP contribution in [-0.4, -0.2) is 24.0 Å². The fourth-order valence-corrected chi connectivity index (χ4v) is 4.65. The maximum atomic E-state index is 6.11. The van der Waals surface area contributed by atoms with Gasteiger partial charge in [0.15, 0.2) is 0 Å². The molecule has 4 aromatic carbocycles. The molecule has 0 aromatic heterocycles. The van der Waals surface area contributed by atoms with Crippen molar-refractivity contribution < 1.29 is 9.47 Å². The molecule has 1 heterocycles. The second kappa shape index (κ2) is 11.2. The predicted molar refractivity (Wildman–Crippen MR) is 157 cm³/mol. The highest BCUT2D eigenvalue weighted by atomic mass is 16.5. The Morgan fingerprint density at radius 1 is 0.763 bits per heavy atom. The first kappa shape index (κ1) is 25.7. The zero-order valence-corrected chi connectivity index (χ0v) is 22.7. The third-order valence-corrected chi connectivity index (χ3v) is 6.61. The topological polar surface area (TPSA) is 34.1 Å². The Balaban J connectivity index is 1.34. The summed E-state index contributed by atoms with van der Waals surface area (Å²) in [6.07, 6.45) is 0.802. The van der Waals surface area contributed by atoms with Gasteiger partial charge in [0.25, 0.3) is 0 Å². The van der Waals surface area contributed by atoms with Crippen LogP contribution in [-0.2, 0) is 4.74 Å². The zero-order valence-electron chi connectivity index (χ0n) is 22.7. The number of rotatable bonds is 8. The fourth-order valence-electron chi connectivity index (χ4n) is 4.65. The molecule has 0 saturated carbocycles. The average Bonchev–Trinajstić information content (AvgIpc) is 3.39. The molecule has 194 valence electrons. The summed E-state index contributed by atoms with van der Waals surface area (Å²) in [6.45, 7) is 8.76. The molecule has 2 unspecified atom stereocenters. The second-order valence-electron chi connectivity index (χ2n) is 10.8. The van der Waals surface area contributed by atoms with E-state index in [0.29, 0.717) is 6.61 Å². The van der Waals surface area contributed by atoms with E-state index in [1.54, 1.807) is 0 Å². The van der Waals surface area contributed by atoms with Crippen LogP contribution in [0.2, 0.25) is 0 Å². The number of hydrogen-bond acceptors (Lipinski definition) is 4. The second-order valence-corrected chi connectivity index (χ2v) is 10.8. The van der Waals surface area contributed by atoms with E-state index >= 15 is 0 Å². The van der Waals surface area contributed by atoms with Crippen LogP contribution in [0.15, 0.2) is 114 Å². The molecule has 0 spiro atoms. The van der Waals surface area contributed by atoms with E-state index < -0.39 is 0 Å². The van der Waals surface area contributed by atoms with Gasteiger partial charge in [0.1, 0.15) is 11.9 Å². The quantitative estimate of drug-likeness (QED) is 0.242. The molecular weight excluding hydrogens is 468 g/mol. The summed E-state index contributed by atoms with van der Waals surface area (Å²) in [5.41, 5.74) is 6.79. The summed E-state index contributed by atoms with van der Waals surface area (Å²) in [5.74, 6) is 0.848. The third-order valence-electron chi connectivity index (χ3n) is 6.61. The maximum absolute atomic E-state index is 6.11. The van der Waals surface area contributed by atoms with Crippen LogP contribution < -0.4 is 9.75 Å². The van der Waals surface area contributed by atoms with E-state index in [2.05, 4.69) is 123 Å². The highest BCUT2D eigenvalue weighted by Gasteiger charge is 2.30. The van der Waals surface area contributed by atoms with Crippen LogP contribution in [0.1, 0.15) is 51.3 Å². The smallest absolute Gasteiger partial charge is 0.119 e. The van der Waals surface area contributed by atoms with Crippen LogP contribution >= 0.6 is 0 Å². The van der Waals surface area contributed by atoms with Crippen molar-refractivity contribution in [3.05, 3.63) is 120 Å². The lowest BCUT2D eigenvalue weighted by molar-refractivity contribution is -0.0374. The van der Waals surface area contributed by atoms with Crippen molar-refractivity contribution >= 4 is 11.4 Å². The van der Waals surface area contributed by atoms with Crippen molar-refractivity contribution in [1.82, 2.24) is 0 Å². The molecule has 38 heavy (non-hydrogen) atoms. The molecule has 2 atom stereocenters. The zero-order chi connectivity index (χ0) is 26.5. The summed E-state index contributed by atoms with van der Waals surface area (Å²) in [4.78, 5) is 0. The molecule has 0 amide bonds. The largest absolute Gasteiger partial charge is 0.488 e. The minimum atomic E-state index is -0.176. The lowest BCUT2D eigenvalue weighted by Gasteiger charge is -2.25. The molecule has 1 aliphatic heterocycles. The predicted octanol–water partition coefficient (Wildman–Crippen LogP) is 8.29. The molecule has 0 aliphatic carbocycles. The van der Waals surface area contributed by atoms with Crippen LogP contribution in [0.5, 0.6) is 5.75 Å². The van der Waals surface area contributed by atoms with Crippen LogP contribution in [0.25, 0.3) is 11.1 Å². The SMILES string of the molecule is CC(COC(C)(C)C)Oc1ccc(C2CC(c3ccc(-c4ccccc4)cc3)=NN2c2ccccc2)cc1. The molecule has 1 aliphatic rings. The van der Waals surface area contributed by atoms with Crippen LogP contribution in [0, 0.1) is 0 Å². The summed E-state index contributed by atoms with van der Waals surface area (Å²) >= 11 is 0. The molecule has 5 rings (SSSR count). The Morgan fingerprint density at radius 3 is 1.97 bits per heavy atom. The Bertz CT molecular complexity index is 1340. The summed E-state index contributed by atoms with van der Waals surface area (Å²) in [5, 5.41) is 7.26. The van der Waals surface area contributed by atoms with Crippen molar-refractivity contribution in [3.8, 4) is 16.9 Å². The van der Waals surface area contributed by atoms with Gasteiger partial charge in [-0.15, -0.1) is 0 Å². The maximum Gasteiger partial charge on any atom is 0.119 e. The number of nitrogens with zero attached hydrogens (tertiary/aromatic N) is 2. The van der Waals surface area contributed by atoms with E-state index in [1.807, 2.05) is 19.1 Å². The number of anilines is 1. The van der Waals surface area contributed by atoms with E-state index in [4.69, 9.17) is 14.6 Å². The lowest BCUT2D eigenvalue weighted by atomic mass is 9.96. The molecule has 0 radical (unpaired) electrons. The first-order valence-corrected chi connectivity index (χ1v) is 13.3. The van der Waals surface area contributed by atoms with Gasteiger partial charge in [-0.2, -0.15) is 5.10 Å². The first-order chi connectivity index (χ1) is 18.4. The van der Waals surface area contributed by atoms with E-state index in [0.717, 1.165) is 29.1 Å². The number of benzene rings is 4. The molecule has 4 heteroatoms. The van der Waals surface area contributed by atoms with Crippen molar-refractivity contribution in [3.63, 3.8) is 0 Å². The normalized spacial score (nSPS) is 16.3. The third kappa shape index (κ3) is 6.32. The van der Waals surface area contributed by atoms with Gasteiger partial charge >= 0.3 is 0 Å². The number of para-hydroxylation sites is 1. The minimum absolute atomic E-state index is 0.0267. The van der Waals surface area contributed by atoms with Gasteiger partial charge in [0, 0.05) is 6.42 Å². The van der Waals surface area contributed by atoms with Crippen molar-refractivity contribution in [1.29, 1.82) is 0 Å². The summed E-state index contributed by atoms with van der Waals surface area (Å²) in [6, 6.07) is 38.1. The highest BCUT2D eigenvalue weighted by Crippen LogP contribution is 2.37. The molecule has 0 N–H and O–H groups in total. The Labute approximate surface area is 226 Å². The number of hydrazone groups is 1. The van der Waals surface area contributed by atoms with Crippen LogP contribution in [0.3, 0.4) is 0 Å². The average molecular weight is 505 g/mol. The summed E-state index contributed by atoms with van der Waals surface area (Å²) in [7, 11) is 0. The fraction of sp³-hybridized carbons (Fsp3) is 0.265. The monoisotopic (exact) mass is 504 g/mol. The Hall–Kier alpha value is -3.89. The van der Waals surface area contributed by atoms with E-state index in [9.17, 15) is 0 Å². The Morgan fingerprint density at radius 2 is 1.34 bits per heavy atom. The minimum Gasteiger partial charge on any atom is -0.488 e. The number of ether oxygens (including phenoxy) is 2. The van der Waals surface area contributed by atoms with Gasteiger partial charge in [-0.3, -0.25) is 5.01 Å². The molecule has 4 aromatic rings. The van der Waals surface area contributed by atoms with Gasteiger partial charge in [-0.25, -0.2) is 0 Å². The van der Waals surface area contributed by atoms with Crippen molar-refractivity contribution in [2.24, 2.45) is 5.10 Å². The molecular formula is C34H36N2O2. The van der Waals surface area contributed by atoms with Crippen molar-refractivity contribution in [2.75, 3.05) is 11.6 Å². The van der Waals surface area contributed by atoms with E-state index in [-0.39, 0.29) is 17.7 Å². The van der Waals surface area contributed by atoms with Gasteiger partial charge in [0.2, 0.25) is 0 Å². The van der Waals surface area contributed by atoms with Crippen LogP contribution in [0.4, 0.5) is 5.69 Å². The number of hydrogen-bond donors (Lipinski definition) is 0. The first-order valence-electron chi connectivity index (χ1n) is 13.3. The van der Waals surface area contributed by atoms with E-state index in [1.165, 1.54) is 16.7 Å². The lowest BCUT2D eigenvalue weighted by Crippen LogP contribution is -2.27. The van der Waals surface area contributed by atoms with Gasteiger partial charge < -0.3 is 9.47 Å². The Kier molecular flexibility index (Phi) is 7.62. The van der Waals surface area contributed by atoms with Gasteiger partial charge in [0.05, 0.1) is 29.6 Å². The van der Waals surface area contributed by atoms with Crippen molar-refractivity contribution in [2.45, 2.75) is 51.9 Å². The van der Waals surface area contributed by atoms with Gasteiger partial charge in [-0.05, 0) is 74.2 Å². The highest BCUT2D eigenvalue weighted by molar-refractivity contribution is 6.03. The molecule has 4 nitrogen and oxygen atoms in total. The summed E-state index contributed by atoms with van der Waals surface area (Å²) < 4.78 is 12.0. The molecule has 0 bridgehead atoms. The standard InChI is InChI=1S/C34H36N2O2/c1-25(24-37-34(2,3)4)38-31-21-19-29(20-22-31)33-23-32(35-36(33)30-13-9-6-10-14-30)28-17-15-27(16-18-28)26-11-7-5-8-12-26/h5-22,25,33H,23-24H2,1-4H3. The molecule has 0 saturated heterocycles. The van der Waals surface area contributed by atoms with Gasteiger partial charge in [-0.1, -0.05) is 84.9 Å². The molecule has 0 fully saturated rings.